The topological polar surface area (TPSA) is 68.3 Å². The summed E-state index contributed by atoms with van der Waals surface area (Å²) in [6, 6.07) is 14.7. The summed E-state index contributed by atoms with van der Waals surface area (Å²) in [5.41, 5.74) is 3.29. The maximum absolute atomic E-state index is 12.1. The van der Waals surface area contributed by atoms with Gasteiger partial charge in [-0.15, -0.1) is 11.3 Å². The van der Waals surface area contributed by atoms with Gasteiger partial charge in [0.1, 0.15) is 17.4 Å². The molecule has 0 fully saturated rings. The standard InChI is InChI=1S/C21H20N2O3S/c1-14-6-8-17(9-7-14)22-20(25)11-21-23-18(13-27-21)12-26-19-5-3-4-16(10-19)15(2)24/h3-10,13H,11-12H2,1-2H3,(H,22,25). The number of nitrogens with zero attached hydrogens (tertiary/aromatic N) is 1. The number of rotatable bonds is 7. The predicted octanol–water partition coefficient (Wildman–Crippen LogP) is 4.41. The molecule has 6 heteroatoms. The summed E-state index contributed by atoms with van der Waals surface area (Å²) in [7, 11) is 0. The molecule has 0 aliphatic rings. The van der Waals surface area contributed by atoms with Crippen LogP contribution in [0.2, 0.25) is 0 Å². The van der Waals surface area contributed by atoms with Crippen molar-refractivity contribution >= 4 is 28.7 Å². The fourth-order valence-electron chi connectivity index (χ4n) is 2.44. The number of Topliss-reactive ketones (excluding diaryl/α,β-unsaturated/α-hetero) is 1. The number of anilines is 1. The molecule has 3 rings (SSSR count). The van der Waals surface area contributed by atoms with Gasteiger partial charge in [0.15, 0.2) is 5.78 Å². The molecule has 1 amide bonds. The van der Waals surface area contributed by atoms with Gasteiger partial charge in [-0.05, 0) is 38.1 Å². The molecule has 5 nitrogen and oxygen atoms in total. The Morgan fingerprint density at radius 2 is 1.93 bits per heavy atom. The first-order valence-corrected chi connectivity index (χ1v) is 9.41. The molecule has 0 bridgehead atoms. The number of thiazole rings is 1. The summed E-state index contributed by atoms with van der Waals surface area (Å²) < 4.78 is 5.70. The Bertz CT molecular complexity index is 948. The van der Waals surface area contributed by atoms with E-state index in [1.165, 1.54) is 18.3 Å². The minimum absolute atomic E-state index is 0.00372. The Morgan fingerprint density at radius 1 is 1.15 bits per heavy atom. The van der Waals surface area contributed by atoms with Crippen LogP contribution < -0.4 is 10.1 Å². The number of hydrogen-bond acceptors (Lipinski definition) is 5. The van der Waals surface area contributed by atoms with E-state index in [1.54, 1.807) is 24.3 Å². The first-order chi connectivity index (χ1) is 13.0. The molecule has 0 spiro atoms. The van der Waals surface area contributed by atoms with Gasteiger partial charge in [0.05, 0.1) is 12.1 Å². The Kier molecular flexibility index (Phi) is 5.98. The molecule has 1 aromatic heterocycles. The molecular weight excluding hydrogens is 360 g/mol. The van der Waals surface area contributed by atoms with Crippen molar-refractivity contribution in [1.29, 1.82) is 0 Å². The minimum Gasteiger partial charge on any atom is -0.487 e. The zero-order valence-electron chi connectivity index (χ0n) is 15.2. The van der Waals surface area contributed by atoms with Crippen molar-refractivity contribution in [1.82, 2.24) is 4.98 Å². The van der Waals surface area contributed by atoms with Gasteiger partial charge in [0, 0.05) is 16.6 Å². The van der Waals surface area contributed by atoms with Gasteiger partial charge in [0.25, 0.3) is 0 Å². The largest absolute Gasteiger partial charge is 0.487 e. The van der Waals surface area contributed by atoms with Gasteiger partial charge in [0.2, 0.25) is 5.91 Å². The number of carbonyl (C=O) groups is 2. The lowest BCUT2D eigenvalue weighted by atomic mass is 10.1. The van der Waals surface area contributed by atoms with Crippen molar-refractivity contribution < 1.29 is 14.3 Å². The number of aryl methyl sites for hydroxylation is 1. The number of ether oxygens (including phenoxy) is 1. The van der Waals surface area contributed by atoms with Crippen LogP contribution in [0.4, 0.5) is 5.69 Å². The SMILES string of the molecule is CC(=O)c1cccc(OCc2csc(CC(=O)Nc3ccc(C)cc3)n2)c1. The van der Waals surface area contributed by atoms with E-state index in [1.807, 2.05) is 36.6 Å². The van der Waals surface area contributed by atoms with Crippen LogP contribution in [0, 0.1) is 6.92 Å². The number of carbonyl (C=O) groups excluding carboxylic acids is 2. The molecule has 0 aliphatic carbocycles. The van der Waals surface area contributed by atoms with E-state index >= 15 is 0 Å². The summed E-state index contributed by atoms with van der Waals surface area (Å²) in [5.74, 6) is 0.514. The number of hydrogen-bond donors (Lipinski definition) is 1. The molecule has 2 aromatic carbocycles. The van der Waals surface area contributed by atoms with Gasteiger partial charge in [-0.1, -0.05) is 29.8 Å². The lowest BCUT2D eigenvalue weighted by Gasteiger charge is -2.05. The quantitative estimate of drug-likeness (QED) is 0.616. The Labute approximate surface area is 162 Å². The van der Waals surface area contributed by atoms with E-state index in [9.17, 15) is 9.59 Å². The van der Waals surface area contributed by atoms with Crippen LogP contribution in [0.25, 0.3) is 0 Å². The predicted molar refractivity (Wildman–Crippen MR) is 106 cm³/mol. The van der Waals surface area contributed by atoms with Crippen LogP contribution in [-0.2, 0) is 17.8 Å². The Balaban J connectivity index is 1.53. The third-order valence-electron chi connectivity index (χ3n) is 3.87. The minimum atomic E-state index is -0.102. The van der Waals surface area contributed by atoms with Crippen molar-refractivity contribution in [2.45, 2.75) is 26.9 Å². The molecule has 27 heavy (non-hydrogen) atoms. The van der Waals surface area contributed by atoms with E-state index < -0.39 is 0 Å². The van der Waals surface area contributed by atoms with E-state index in [-0.39, 0.29) is 24.7 Å². The maximum Gasteiger partial charge on any atom is 0.231 e. The second-order valence-electron chi connectivity index (χ2n) is 6.20. The van der Waals surface area contributed by atoms with Gasteiger partial charge in [-0.25, -0.2) is 4.98 Å². The van der Waals surface area contributed by atoms with Crippen LogP contribution in [0.1, 0.15) is 33.5 Å². The zero-order chi connectivity index (χ0) is 19.2. The Morgan fingerprint density at radius 3 is 2.67 bits per heavy atom. The van der Waals surface area contributed by atoms with Crippen LogP contribution in [-0.4, -0.2) is 16.7 Å². The maximum atomic E-state index is 12.1. The second kappa shape index (κ2) is 8.60. The monoisotopic (exact) mass is 380 g/mol. The van der Waals surface area contributed by atoms with Crippen LogP contribution in [0.3, 0.4) is 0 Å². The summed E-state index contributed by atoms with van der Waals surface area (Å²) >= 11 is 1.43. The van der Waals surface area contributed by atoms with Crippen molar-refractivity contribution in [3.63, 3.8) is 0 Å². The molecule has 0 saturated carbocycles. The highest BCUT2D eigenvalue weighted by molar-refractivity contribution is 7.09. The van der Waals surface area contributed by atoms with Crippen molar-refractivity contribution in [3.05, 3.63) is 75.7 Å². The summed E-state index contributed by atoms with van der Waals surface area (Å²) in [6.07, 6.45) is 0.221. The van der Waals surface area contributed by atoms with Crippen LogP contribution in [0.15, 0.2) is 53.9 Å². The second-order valence-corrected chi connectivity index (χ2v) is 7.14. The fourth-order valence-corrected chi connectivity index (χ4v) is 3.22. The third-order valence-corrected chi connectivity index (χ3v) is 4.77. The highest BCUT2D eigenvalue weighted by Crippen LogP contribution is 2.17. The van der Waals surface area contributed by atoms with Gasteiger partial charge in [-0.3, -0.25) is 9.59 Å². The highest BCUT2D eigenvalue weighted by atomic mass is 32.1. The Hall–Kier alpha value is -2.99. The average molecular weight is 380 g/mol. The number of ketones is 1. The number of benzene rings is 2. The first kappa shape index (κ1) is 18.8. The van der Waals surface area contributed by atoms with E-state index in [0.717, 1.165) is 22.0 Å². The van der Waals surface area contributed by atoms with Crippen molar-refractivity contribution in [2.75, 3.05) is 5.32 Å². The smallest absolute Gasteiger partial charge is 0.231 e. The lowest BCUT2D eigenvalue weighted by molar-refractivity contribution is -0.115. The zero-order valence-corrected chi connectivity index (χ0v) is 16.0. The molecule has 0 atom stereocenters. The number of aromatic nitrogens is 1. The molecule has 1 N–H and O–H groups in total. The molecule has 0 radical (unpaired) electrons. The summed E-state index contributed by atoms with van der Waals surface area (Å²) in [5, 5.41) is 5.48. The summed E-state index contributed by atoms with van der Waals surface area (Å²) in [4.78, 5) is 28.0. The molecule has 0 unspecified atom stereocenters. The van der Waals surface area contributed by atoms with E-state index in [4.69, 9.17) is 4.74 Å². The number of nitrogens with one attached hydrogen (secondary N) is 1. The summed E-state index contributed by atoms with van der Waals surface area (Å²) in [6.45, 7) is 3.81. The molecule has 138 valence electrons. The third kappa shape index (κ3) is 5.49. The van der Waals surface area contributed by atoms with Crippen LogP contribution >= 0.6 is 11.3 Å². The fraction of sp³-hybridized carbons (Fsp3) is 0.190. The van der Waals surface area contributed by atoms with Crippen LogP contribution in [0.5, 0.6) is 5.75 Å². The molecule has 0 aliphatic heterocycles. The molecular formula is C21H20N2O3S. The highest BCUT2D eigenvalue weighted by Gasteiger charge is 2.09. The normalized spacial score (nSPS) is 10.4. The van der Waals surface area contributed by atoms with Gasteiger partial charge in [-0.2, -0.15) is 0 Å². The van der Waals surface area contributed by atoms with Crippen molar-refractivity contribution in [2.24, 2.45) is 0 Å². The lowest BCUT2D eigenvalue weighted by Crippen LogP contribution is -2.14. The average Bonchev–Trinajstić information content (AvgIpc) is 3.09. The van der Waals surface area contributed by atoms with E-state index in [2.05, 4.69) is 10.3 Å². The first-order valence-electron chi connectivity index (χ1n) is 8.53. The molecule has 3 aromatic rings. The van der Waals surface area contributed by atoms with Gasteiger partial charge >= 0.3 is 0 Å². The molecule has 1 heterocycles. The number of amides is 1. The van der Waals surface area contributed by atoms with Crippen molar-refractivity contribution in [3.8, 4) is 5.75 Å². The molecule has 0 saturated heterocycles. The van der Waals surface area contributed by atoms with Gasteiger partial charge < -0.3 is 10.1 Å². The van der Waals surface area contributed by atoms with E-state index in [0.29, 0.717) is 11.3 Å².